The van der Waals surface area contributed by atoms with E-state index in [0.29, 0.717) is 6.54 Å². The number of amides is 1. The molecule has 94 valence electrons. The van der Waals surface area contributed by atoms with Crippen LogP contribution in [-0.2, 0) is 4.79 Å². The quantitative estimate of drug-likeness (QED) is 0.665. The van der Waals surface area contributed by atoms with Crippen molar-refractivity contribution in [3.8, 4) is 0 Å². The van der Waals surface area contributed by atoms with E-state index in [-0.39, 0.29) is 17.9 Å². The lowest BCUT2D eigenvalue weighted by Crippen LogP contribution is -2.50. The number of carbonyl (C=O) groups is 1. The monoisotopic (exact) mass is 228 g/mol. The maximum Gasteiger partial charge on any atom is 0.227 e. The molecule has 4 nitrogen and oxygen atoms in total. The summed E-state index contributed by atoms with van der Waals surface area (Å²) in [6, 6.07) is 0. The van der Waals surface area contributed by atoms with Crippen molar-refractivity contribution in [2.45, 2.75) is 51.6 Å². The molecule has 0 aromatic heterocycles. The number of rotatable bonds is 4. The molecule has 0 bridgehead atoms. The van der Waals surface area contributed by atoms with Crippen molar-refractivity contribution in [2.75, 3.05) is 13.1 Å². The topological polar surface area (TPSA) is 75.3 Å². The van der Waals surface area contributed by atoms with Crippen LogP contribution in [0.15, 0.2) is 0 Å². The molecule has 1 rings (SSSR count). The van der Waals surface area contributed by atoms with Crippen molar-refractivity contribution in [3.05, 3.63) is 0 Å². The number of nitrogens with one attached hydrogen (secondary N) is 1. The third-order valence-electron chi connectivity index (χ3n) is 3.36. The highest BCUT2D eigenvalue weighted by Crippen LogP contribution is 2.35. The van der Waals surface area contributed by atoms with Gasteiger partial charge in [-0.1, -0.05) is 19.3 Å². The molecule has 0 aromatic carbocycles. The normalized spacial score (nSPS) is 20.5. The first-order valence-electron chi connectivity index (χ1n) is 6.10. The van der Waals surface area contributed by atoms with E-state index in [2.05, 4.69) is 5.32 Å². The number of hydrogen-bond acceptors (Lipinski definition) is 3. The van der Waals surface area contributed by atoms with E-state index < -0.39 is 5.60 Å². The Hall–Kier alpha value is -0.610. The average Bonchev–Trinajstić information content (AvgIpc) is 2.25. The van der Waals surface area contributed by atoms with E-state index in [1.165, 1.54) is 6.42 Å². The maximum atomic E-state index is 12.1. The zero-order valence-electron chi connectivity index (χ0n) is 10.4. The molecule has 0 heterocycles. The van der Waals surface area contributed by atoms with Gasteiger partial charge in [0.15, 0.2) is 0 Å². The maximum absolute atomic E-state index is 12.1. The molecular formula is C12H24N2O2. The summed E-state index contributed by atoms with van der Waals surface area (Å²) >= 11 is 0. The van der Waals surface area contributed by atoms with E-state index >= 15 is 0 Å². The molecule has 4 heteroatoms. The smallest absolute Gasteiger partial charge is 0.227 e. The molecular weight excluding hydrogens is 204 g/mol. The van der Waals surface area contributed by atoms with Crippen LogP contribution in [-0.4, -0.2) is 29.7 Å². The molecule has 1 amide bonds. The number of hydrogen-bond donors (Lipinski definition) is 3. The van der Waals surface area contributed by atoms with Crippen LogP contribution < -0.4 is 11.1 Å². The first-order chi connectivity index (χ1) is 7.40. The van der Waals surface area contributed by atoms with E-state index in [0.717, 1.165) is 25.7 Å². The van der Waals surface area contributed by atoms with Gasteiger partial charge in [-0.15, -0.1) is 0 Å². The fourth-order valence-corrected chi connectivity index (χ4v) is 2.24. The average molecular weight is 228 g/mol. The molecule has 16 heavy (non-hydrogen) atoms. The highest BCUT2D eigenvalue weighted by molar-refractivity contribution is 5.83. The van der Waals surface area contributed by atoms with Crippen molar-refractivity contribution in [1.82, 2.24) is 5.32 Å². The van der Waals surface area contributed by atoms with Gasteiger partial charge in [-0.05, 0) is 26.7 Å². The third kappa shape index (κ3) is 3.46. The number of carbonyl (C=O) groups excluding carboxylic acids is 1. The predicted molar refractivity (Wildman–Crippen MR) is 63.9 cm³/mol. The van der Waals surface area contributed by atoms with Crippen molar-refractivity contribution >= 4 is 5.91 Å². The van der Waals surface area contributed by atoms with Gasteiger partial charge in [0, 0.05) is 13.1 Å². The van der Waals surface area contributed by atoms with Crippen LogP contribution >= 0.6 is 0 Å². The van der Waals surface area contributed by atoms with Crippen molar-refractivity contribution in [2.24, 2.45) is 11.1 Å². The van der Waals surface area contributed by atoms with Gasteiger partial charge in [-0.3, -0.25) is 4.79 Å². The van der Waals surface area contributed by atoms with Gasteiger partial charge in [0.1, 0.15) is 0 Å². The highest BCUT2D eigenvalue weighted by Gasteiger charge is 2.38. The van der Waals surface area contributed by atoms with E-state index in [1.54, 1.807) is 13.8 Å². The minimum absolute atomic E-state index is 0.0109. The molecule has 0 atom stereocenters. The lowest BCUT2D eigenvalue weighted by molar-refractivity contribution is -0.133. The van der Waals surface area contributed by atoms with Crippen molar-refractivity contribution < 1.29 is 9.90 Å². The summed E-state index contributed by atoms with van der Waals surface area (Å²) in [5, 5.41) is 12.4. The first kappa shape index (κ1) is 13.5. The van der Waals surface area contributed by atoms with E-state index in [9.17, 15) is 9.90 Å². The Labute approximate surface area is 97.6 Å². The summed E-state index contributed by atoms with van der Waals surface area (Å²) < 4.78 is 0. The van der Waals surface area contributed by atoms with E-state index in [1.807, 2.05) is 0 Å². The zero-order chi connectivity index (χ0) is 12.2. The third-order valence-corrected chi connectivity index (χ3v) is 3.36. The fraction of sp³-hybridized carbons (Fsp3) is 0.917. The second-order valence-corrected chi connectivity index (χ2v) is 5.54. The first-order valence-corrected chi connectivity index (χ1v) is 6.10. The summed E-state index contributed by atoms with van der Waals surface area (Å²) in [6.07, 6.45) is 5.10. The van der Waals surface area contributed by atoms with E-state index in [4.69, 9.17) is 5.73 Å². The van der Waals surface area contributed by atoms with Crippen LogP contribution in [0.5, 0.6) is 0 Å². The largest absolute Gasteiger partial charge is 0.389 e. The number of nitrogens with two attached hydrogens (primary N) is 1. The van der Waals surface area contributed by atoms with Gasteiger partial charge in [0.25, 0.3) is 0 Å². The Morgan fingerprint density at radius 3 is 2.38 bits per heavy atom. The molecule has 0 aliphatic heterocycles. The van der Waals surface area contributed by atoms with Crippen molar-refractivity contribution in [3.63, 3.8) is 0 Å². The van der Waals surface area contributed by atoms with Gasteiger partial charge in [-0.2, -0.15) is 0 Å². The Kier molecular flexibility index (Phi) is 4.33. The number of aliphatic hydroxyl groups is 1. The van der Waals surface area contributed by atoms with Crippen LogP contribution in [0, 0.1) is 5.41 Å². The van der Waals surface area contributed by atoms with Crippen LogP contribution in [0.25, 0.3) is 0 Å². The van der Waals surface area contributed by atoms with Gasteiger partial charge >= 0.3 is 0 Å². The highest BCUT2D eigenvalue weighted by atomic mass is 16.3. The molecule has 4 N–H and O–H groups in total. The lowest BCUT2D eigenvalue weighted by Gasteiger charge is -2.35. The van der Waals surface area contributed by atoms with Crippen LogP contribution in [0.2, 0.25) is 0 Å². The van der Waals surface area contributed by atoms with Crippen LogP contribution in [0.1, 0.15) is 46.0 Å². The molecule has 0 aromatic rings. The predicted octanol–water partition coefficient (Wildman–Crippen LogP) is 0.783. The van der Waals surface area contributed by atoms with Crippen LogP contribution in [0.4, 0.5) is 0 Å². The Balaban J connectivity index is 2.55. The SMILES string of the molecule is CC(C)(O)CNC(=O)C1(CN)CCCCC1. The summed E-state index contributed by atoms with van der Waals surface area (Å²) in [5.41, 5.74) is 4.51. The minimum atomic E-state index is -0.861. The lowest BCUT2D eigenvalue weighted by atomic mass is 9.73. The molecule has 0 radical (unpaired) electrons. The molecule has 1 aliphatic carbocycles. The molecule has 1 aliphatic rings. The summed E-state index contributed by atoms with van der Waals surface area (Å²) in [4.78, 5) is 12.1. The molecule has 0 saturated heterocycles. The van der Waals surface area contributed by atoms with Crippen molar-refractivity contribution in [1.29, 1.82) is 0 Å². The van der Waals surface area contributed by atoms with Gasteiger partial charge in [0.2, 0.25) is 5.91 Å². The van der Waals surface area contributed by atoms with Crippen LogP contribution in [0.3, 0.4) is 0 Å². The molecule has 0 unspecified atom stereocenters. The molecule has 1 saturated carbocycles. The second-order valence-electron chi connectivity index (χ2n) is 5.54. The Morgan fingerprint density at radius 1 is 1.38 bits per heavy atom. The summed E-state index contributed by atoms with van der Waals surface area (Å²) in [6.45, 7) is 4.06. The van der Waals surface area contributed by atoms with Gasteiger partial charge < -0.3 is 16.2 Å². The molecule has 0 spiro atoms. The Bertz CT molecular complexity index is 240. The summed E-state index contributed by atoms with van der Waals surface area (Å²) in [7, 11) is 0. The Morgan fingerprint density at radius 2 is 1.94 bits per heavy atom. The zero-order valence-corrected chi connectivity index (χ0v) is 10.4. The summed E-state index contributed by atoms with van der Waals surface area (Å²) in [5.74, 6) is 0.0109. The second kappa shape index (κ2) is 5.15. The standard InChI is InChI=1S/C12H24N2O2/c1-11(2,16)9-14-10(15)12(8-13)6-4-3-5-7-12/h16H,3-9,13H2,1-2H3,(H,14,15). The van der Waals surface area contributed by atoms with Gasteiger partial charge in [-0.25, -0.2) is 0 Å². The van der Waals surface area contributed by atoms with Gasteiger partial charge in [0.05, 0.1) is 11.0 Å². The molecule has 1 fully saturated rings. The minimum Gasteiger partial charge on any atom is -0.389 e. The fourth-order valence-electron chi connectivity index (χ4n) is 2.24.